The number of aliphatic imine (C=N–C) groups is 1. The van der Waals surface area contributed by atoms with Crippen LogP contribution in [0.4, 0.5) is 0 Å². The monoisotopic (exact) mass is 592 g/mol. The fraction of sp³-hybridized carbons (Fsp3) is 0.143. The molecule has 0 saturated heterocycles. The first-order chi connectivity index (χ1) is 22.8. The topological polar surface area (TPSA) is 51.0 Å². The van der Waals surface area contributed by atoms with Crippen molar-refractivity contribution < 1.29 is 0 Å². The zero-order chi connectivity index (χ0) is 30.5. The van der Waals surface area contributed by atoms with Gasteiger partial charge in [-0.25, -0.2) is 9.97 Å². The second-order valence-electron chi connectivity index (χ2n) is 12.5. The van der Waals surface area contributed by atoms with Crippen LogP contribution in [0, 0.1) is 5.92 Å². The normalized spacial score (nSPS) is 21.5. The summed E-state index contributed by atoms with van der Waals surface area (Å²) >= 11 is 0. The van der Waals surface area contributed by atoms with Crippen LogP contribution in [0.5, 0.6) is 0 Å². The van der Waals surface area contributed by atoms with Gasteiger partial charge in [-0.2, -0.15) is 0 Å². The van der Waals surface area contributed by atoms with Gasteiger partial charge in [0.25, 0.3) is 0 Å². The number of pyridine rings is 3. The van der Waals surface area contributed by atoms with Crippen molar-refractivity contribution in [2.75, 3.05) is 0 Å². The maximum absolute atomic E-state index is 5.32. The van der Waals surface area contributed by atoms with Crippen LogP contribution in [0.3, 0.4) is 0 Å². The number of benzene rings is 2. The molecule has 3 aromatic heterocycles. The minimum Gasteiger partial charge on any atom is -0.274 e. The number of dihydropyridines is 1. The quantitative estimate of drug-likeness (QED) is 0.195. The summed E-state index contributed by atoms with van der Waals surface area (Å²) in [5, 5.41) is 2.18. The van der Waals surface area contributed by atoms with Crippen LogP contribution in [0.2, 0.25) is 0 Å². The molecule has 0 saturated carbocycles. The number of allylic oxidation sites excluding steroid dienone is 9. The molecule has 4 heterocycles. The van der Waals surface area contributed by atoms with Crippen molar-refractivity contribution in [1.82, 2.24) is 15.0 Å². The van der Waals surface area contributed by atoms with Crippen molar-refractivity contribution in [3.63, 3.8) is 0 Å². The highest BCUT2D eigenvalue weighted by Crippen LogP contribution is 2.40. The number of hydrogen-bond acceptors (Lipinski definition) is 4. The van der Waals surface area contributed by atoms with Crippen molar-refractivity contribution in [1.29, 1.82) is 0 Å². The van der Waals surface area contributed by atoms with E-state index in [1.54, 1.807) is 0 Å². The highest BCUT2D eigenvalue weighted by molar-refractivity contribution is 6.09. The predicted molar refractivity (Wildman–Crippen MR) is 189 cm³/mol. The maximum atomic E-state index is 5.32. The highest BCUT2D eigenvalue weighted by atomic mass is 14.9. The third-order valence-corrected chi connectivity index (χ3v) is 9.55. The van der Waals surface area contributed by atoms with Crippen LogP contribution in [-0.2, 0) is 0 Å². The molecule has 3 aliphatic carbocycles. The molecule has 4 aliphatic rings. The van der Waals surface area contributed by atoms with E-state index in [-0.39, 0.29) is 17.9 Å². The molecule has 0 N–H and O–H groups in total. The first kappa shape index (κ1) is 26.9. The van der Waals surface area contributed by atoms with Crippen molar-refractivity contribution in [2.45, 2.75) is 31.2 Å². The van der Waals surface area contributed by atoms with Gasteiger partial charge in [0, 0.05) is 33.9 Å². The fourth-order valence-electron chi connectivity index (χ4n) is 7.06. The Bertz CT molecular complexity index is 2250. The second kappa shape index (κ2) is 11.1. The number of fused-ring (bicyclic) bond motifs is 6. The molecule has 46 heavy (non-hydrogen) atoms. The molecule has 4 heteroatoms. The molecule has 220 valence electrons. The van der Waals surface area contributed by atoms with Crippen molar-refractivity contribution in [3.05, 3.63) is 162 Å². The van der Waals surface area contributed by atoms with Crippen LogP contribution >= 0.6 is 0 Å². The molecule has 3 unspecified atom stereocenters. The third kappa shape index (κ3) is 4.78. The Labute approximate surface area is 268 Å². The largest absolute Gasteiger partial charge is 0.274 e. The Kier molecular flexibility index (Phi) is 6.52. The van der Waals surface area contributed by atoms with E-state index in [4.69, 9.17) is 19.9 Å². The molecular weight excluding hydrogens is 560 g/mol. The van der Waals surface area contributed by atoms with Gasteiger partial charge in [0.15, 0.2) is 0 Å². The summed E-state index contributed by atoms with van der Waals surface area (Å²) < 4.78 is 0. The van der Waals surface area contributed by atoms with E-state index in [2.05, 4.69) is 134 Å². The SMILES string of the molecule is C1=CCCC(C2=NC3c4nc(C5C=C(c6ccc7ccc8ccc(-c9ccccc9)nc8c7n6)C=CC5)ccc4C=CC3C=C2)=C1. The smallest absolute Gasteiger partial charge is 0.103 e. The van der Waals surface area contributed by atoms with Gasteiger partial charge in [-0.05, 0) is 60.2 Å². The van der Waals surface area contributed by atoms with Crippen LogP contribution in [-0.4, -0.2) is 20.7 Å². The minimum absolute atomic E-state index is 0.0121. The molecule has 0 radical (unpaired) electrons. The molecule has 5 aromatic rings. The van der Waals surface area contributed by atoms with Crippen molar-refractivity contribution in [3.8, 4) is 11.3 Å². The molecule has 0 spiro atoms. The van der Waals surface area contributed by atoms with Crippen LogP contribution in [0.15, 0.2) is 144 Å². The summed E-state index contributed by atoms with van der Waals surface area (Å²) in [5.74, 6) is 0.403. The lowest BCUT2D eigenvalue weighted by molar-refractivity contribution is 0.585. The summed E-state index contributed by atoms with van der Waals surface area (Å²) in [4.78, 5) is 20.9. The van der Waals surface area contributed by atoms with Crippen LogP contribution < -0.4 is 0 Å². The number of hydrogen-bond donors (Lipinski definition) is 0. The number of nitrogens with zero attached hydrogens (tertiary/aromatic N) is 4. The van der Waals surface area contributed by atoms with E-state index >= 15 is 0 Å². The zero-order valence-electron chi connectivity index (χ0n) is 25.4. The lowest BCUT2D eigenvalue weighted by Gasteiger charge is -2.29. The van der Waals surface area contributed by atoms with Gasteiger partial charge in [-0.1, -0.05) is 115 Å². The van der Waals surface area contributed by atoms with Crippen molar-refractivity contribution >= 4 is 39.2 Å². The zero-order valence-corrected chi connectivity index (χ0v) is 25.4. The summed E-state index contributed by atoms with van der Waals surface area (Å²) in [6.45, 7) is 0. The van der Waals surface area contributed by atoms with Gasteiger partial charge < -0.3 is 0 Å². The van der Waals surface area contributed by atoms with E-state index in [0.717, 1.165) is 80.7 Å². The molecule has 4 nitrogen and oxygen atoms in total. The highest BCUT2D eigenvalue weighted by Gasteiger charge is 2.30. The first-order valence-electron chi connectivity index (χ1n) is 16.2. The summed E-state index contributed by atoms with van der Waals surface area (Å²) in [6.07, 6.45) is 25.4. The van der Waals surface area contributed by atoms with E-state index in [1.165, 1.54) is 11.1 Å². The van der Waals surface area contributed by atoms with Gasteiger partial charge >= 0.3 is 0 Å². The van der Waals surface area contributed by atoms with E-state index in [1.807, 2.05) is 6.07 Å². The Morgan fingerprint density at radius 2 is 1.46 bits per heavy atom. The molecule has 3 atom stereocenters. The van der Waals surface area contributed by atoms with E-state index < -0.39 is 0 Å². The number of aromatic nitrogens is 3. The van der Waals surface area contributed by atoms with Gasteiger partial charge in [-0.15, -0.1) is 0 Å². The Morgan fingerprint density at radius 3 is 2.28 bits per heavy atom. The van der Waals surface area contributed by atoms with Gasteiger partial charge in [0.2, 0.25) is 0 Å². The maximum Gasteiger partial charge on any atom is 0.103 e. The fourth-order valence-corrected chi connectivity index (χ4v) is 7.06. The molecular formula is C42H32N4. The van der Waals surface area contributed by atoms with E-state index in [0.29, 0.717) is 0 Å². The first-order valence-corrected chi connectivity index (χ1v) is 16.2. The molecule has 0 bridgehead atoms. The summed E-state index contributed by atoms with van der Waals surface area (Å²) in [5.41, 5.74) is 11.7. The van der Waals surface area contributed by atoms with Crippen molar-refractivity contribution in [2.24, 2.45) is 10.9 Å². The van der Waals surface area contributed by atoms with Crippen LogP contribution in [0.25, 0.3) is 44.7 Å². The second-order valence-corrected chi connectivity index (χ2v) is 12.5. The van der Waals surface area contributed by atoms with Gasteiger partial charge in [0.05, 0.1) is 33.8 Å². The summed E-state index contributed by atoms with van der Waals surface area (Å²) in [6, 6.07) is 27.6. The molecule has 1 aliphatic heterocycles. The Morgan fingerprint density at radius 1 is 0.674 bits per heavy atom. The average molecular weight is 593 g/mol. The molecule has 2 aromatic carbocycles. The van der Waals surface area contributed by atoms with E-state index in [9.17, 15) is 0 Å². The van der Waals surface area contributed by atoms with Crippen LogP contribution in [0.1, 0.15) is 53.9 Å². The minimum atomic E-state index is 0.0121. The molecule has 0 amide bonds. The standard InChI is InChI=1S/C42H32N4/c1-3-8-27(9-4-1)35-22-18-29-14-16-31-20-24-37(45-41(31)39(29)43-35)33-12-7-13-34(26-33)38-25-21-32-17-15-30-19-23-36(28-10-5-2-6-11-28)44-40(30)42(32)46-38/h1-5,7-10,12,14-26,30,34,40H,6,11,13H2. The third-order valence-electron chi connectivity index (χ3n) is 9.55. The lowest BCUT2D eigenvalue weighted by atomic mass is 9.84. The summed E-state index contributed by atoms with van der Waals surface area (Å²) in [7, 11) is 0. The average Bonchev–Trinajstić information content (AvgIpc) is 3.14. The Hall–Kier alpha value is -5.48. The molecule has 0 fully saturated rings. The van der Waals surface area contributed by atoms with Gasteiger partial charge in [-0.3, -0.25) is 9.98 Å². The predicted octanol–water partition coefficient (Wildman–Crippen LogP) is 9.94. The van der Waals surface area contributed by atoms with Gasteiger partial charge in [0.1, 0.15) is 6.04 Å². The number of rotatable bonds is 4. The Balaban J connectivity index is 1.07. The molecule has 9 rings (SSSR count). The lowest BCUT2D eigenvalue weighted by Crippen LogP contribution is -2.20.